The molecular weight excluding hydrogens is 302 g/mol. The molecule has 5 heteroatoms. The molecule has 0 fully saturated rings. The smallest absolute Gasteiger partial charge is 0.244 e. The van der Waals surface area contributed by atoms with Crippen LogP contribution in [0.15, 0.2) is 47.5 Å². The third-order valence-corrected chi connectivity index (χ3v) is 4.42. The third kappa shape index (κ3) is 2.73. The van der Waals surface area contributed by atoms with Crippen LogP contribution in [-0.4, -0.2) is 34.8 Å². The molecule has 2 aromatic carbocycles. The summed E-state index contributed by atoms with van der Waals surface area (Å²) in [5, 5.41) is 10.2. The monoisotopic (exact) mass is 323 g/mol. The summed E-state index contributed by atoms with van der Waals surface area (Å²) in [5.74, 6) is 0.338. The van der Waals surface area contributed by atoms with Crippen LogP contribution in [0.1, 0.15) is 28.3 Å². The number of aromatic hydroxyl groups is 1. The second-order valence-electron chi connectivity index (χ2n) is 6.03. The molecule has 2 aromatic rings. The Morgan fingerprint density at radius 2 is 1.83 bits per heavy atom. The lowest BCUT2D eigenvalue weighted by molar-refractivity contribution is -0.122. The fourth-order valence-electron chi connectivity index (χ4n) is 3.32. The van der Waals surface area contributed by atoms with Crippen LogP contribution in [0.25, 0.3) is 0 Å². The quantitative estimate of drug-likeness (QED) is 0.906. The first-order valence-corrected chi connectivity index (χ1v) is 7.95. The van der Waals surface area contributed by atoms with E-state index in [1.54, 1.807) is 18.2 Å². The molecule has 24 heavy (non-hydrogen) atoms. The van der Waals surface area contributed by atoms with E-state index in [1.807, 2.05) is 43.0 Å². The minimum atomic E-state index is -0.605. The van der Waals surface area contributed by atoms with Crippen molar-refractivity contribution in [2.24, 2.45) is 10.7 Å². The lowest BCUT2D eigenvalue weighted by Gasteiger charge is -2.31. The average molecular weight is 323 g/mol. The minimum Gasteiger partial charge on any atom is -0.507 e. The zero-order valence-electron chi connectivity index (χ0n) is 13.9. The second-order valence-corrected chi connectivity index (χ2v) is 6.03. The number of benzene rings is 2. The molecule has 0 bridgehead atoms. The molecule has 124 valence electrons. The number of carbonyl (C=O) groups excluding carboxylic acids is 1. The Labute approximate surface area is 141 Å². The van der Waals surface area contributed by atoms with E-state index in [2.05, 4.69) is 4.99 Å². The van der Waals surface area contributed by atoms with Gasteiger partial charge in [-0.2, -0.15) is 0 Å². The topological polar surface area (TPSA) is 78.9 Å². The molecule has 0 radical (unpaired) electrons. The van der Waals surface area contributed by atoms with Gasteiger partial charge in [0.05, 0.1) is 12.1 Å². The number of primary amides is 1. The van der Waals surface area contributed by atoms with Gasteiger partial charge >= 0.3 is 0 Å². The number of hydrogen-bond donors (Lipinski definition) is 2. The van der Waals surface area contributed by atoms with E-state index in [1.165, 1.54) is 0 Å². The van der Waals surface area contributed by atoms with Gasteiger partial charge in [-0.3, -0.25) is 9.79 Å². The number of carbonyl (C=O) groups is 1. The van der Waals surface area contributed by atoms with Crippen molar-refractivity contribution in [3.05, 3.63) is 64.7 Å². The molecular formula is C19H21N3O2. The molecule has 0 saturated heterocycles. The van der Waals surface area contributed by atoms with E-state index in [0.29, 0.717) is 24.5 Å². The van der Waals surface area contributed by atoms with Gasteiger partial charge in [0.25, 0.3) is 0 Å². The van der Waals surface area contributed by atoms with Crippen molar-refractivity contribution in [2.75, 3.05) is 13.1 Å². The van der Waals surface area contributed by atoms with Gasteiger partial charge in [0.2, 0.25) is 5.91 Å². The van der Waals surface area contributed by atoms with Crippen LogP contribution >= 0.6 is 0 Å². The highest BCUT2D eigenvalue weighted by Gasteiger charge is 2.34. The van der Waals surface area contributed by atoms with Crippen LogP contribution in [-0.2, 0) is 4.79 Å². The SMILES string of the molecule is Cc1cccc(C)c1C(C(N)=O)N1CCN=C1c1ccccc1O. The standard InChI is InChI=1S/C19H21N3O2/c1-12-6-5-7-13(2)16(12)17(18(20)24)22-11-10-21-19(22)14-8-3-4-9-15(14)23/h3-9,17,23H,10-11H2,1-2H3,(H2,20,24). The molecule has 3 rings (SSSR count). The number of nitrogens with zero attached hydrogens (tertiary/aromatic N) is 2. The van der Waals surface area contributed by atoms with Crippen LogP contribution in [0.5, 0.6) is 5.75 Å². The van der Waals surface area contributed by atoms with E-state index in [-0.39, 0.29) is 5.75 Å². The summed E-state index contributed by atoms with van der Waals surface area (Å²) in [7, 11) is 0. The highest BCUT2D eigenvalue weighted by Crippen LogP contribution is 2.31. The lowest BCUT2D eigenvalue weighted by Crippen LogP contribution is -2.41. The van der Waals surface area contributed by atoms with Gasteiger partial charge in [-0.25, -0.2) is 0 Å². The van der Waals surface area contributed by atoms with Crippen molar-refractivity contribution in [1.82, 2.24) is 4.90 Å². The maximum Gasteiger partial charge on any atom is 0.244 e. The molecule has 1 unspecified atom stereocenters. The number of phenolic OH excluding ortho intramolecular Hbond substituents is 1. The van der Waals surface area contributed by atoms with E-state index < -0.39 is 11.9 Å². The predicted molar refractivity (Wildman–Crippen MR) is 94.1 cm³/mol. The summed E-state index contributed by atoms with van der Waals surface area (Å²) in [6, 6.07) is 12.3. The van der Waals surface area contributed by atoms with Crippen molar-refractivity contribution >= 4 is 11.7 Å². The van der Waals surface area contributed by atoms with E-state index >= 15 is 0 Å². The van der Waals surface area contributed by atoms with E-state index in [9.17, 15) is 9.90 Å². The van der Waals surface area contributed by atoms with Gasteiger partial charge in [0.15, 0.2) is 0 Å². The highest BCUT2D eigenvalue weighted by atomic mass is 16.3. The molecule has 5 nitrogen and oxygen atoms in total. The first-order valence-electron chi connectivity index (χ1n) is 7.95. The van der Waals surface area contributed by atoms with Gasteiger partial charge in [0.1, 0.15) is 17.6 Å². The molecule has 1 amide bonds. The number of amidine groups is 1. The number of phenols is 1. The Balaban J connectivity index is 2.09. The third-order valence-electron chi connectivity index (χ3n) is 4.42. The zero-order valence-corrected chi connectivity index (χ0v) is 13.9. The van der Waals surface area contributed by atoms with Crippen LogP contribution in [0.3, 0.4) is 0 Å². The maximum absolute atomic E-state index is 12.3. The predicted octanol–water partition coefficient (Wildman–Crippen LogP) is 2.30. The second kappa shape index (κ2) is 6.35. The van der Waals surface area contributed by atoms with Gasteiger partial charge in [-0.1, -0.05) is 30.3 Å². The van der Waals surface area contributed by atoms with Crippen LogP contribution in [0, 0.1) is 13.8 Å². The van der Waals surface area contributed by atoms with E-state index in [0.717, 1.165) is 16.7 Å². The van der Waals surface area contributed by atoms with Crippen molar-refractivity contribution in [3.8, 4) is 5.75 Å². The summed E-state index contributed by atoms with van der Waals surface area (Å²) >= 11 is 0. The lowest BCUT2D eigenvalue weighted by atomic mass is 9.94. The minimum absolute atomic E-state index is 0.146. The van der Waals surface area contributed by atoms with Crippen molar-refractivity contribution in [2.45, 2.75) is 19.9 Å². The Hall–Kier alpha value is -2.82. The molecule has 0 aliphatic carbocycles. The molecule has 1 atom stereocenters. The Morgan fingerprint density at radius 3 is 2.46 bits per heavy atom. The number of rotatable bonds is 4. The maximum atomic E-state index is 12.3. The molecule has 1 heterocycles. The van der Waals surface area contributed by atoms with Gasteiger partial charge in [-0.15, -0.1) is 0 Å². The fraction of sp³-hybridized carbons (Fsp3) is 0.263. The first-order chi connectivity index (χ1) is 11.5. The normalized spacial score (nSPS) is 15.2. The van der Waals surface area contributed by atoms with Crippen LogP contribution in [0.2, 0.25) is 0 Å². The highest BCUT2D eigenvalue weighted by molar-refractivity contribution is 6.04. The zero-order chi connectivity index (χ0) is 17.3. The summed E-state index contributed by atoms with van der Waals surface area (Å²) in [5.41, 5.74) is 9.33. The summed E-state index contributed by atoms with van der Waals surface area (Å²) in [6.45, 7) is 5.11. The van der Waals surface area contributed by atoms with Crippen LogP contribution in [0.4, 0.5) is 0 Å². The summed E-state index contributed by atoms with van der Waals surface area (Å²) in [6.07, 6.45) is 0. The molecule has 1 aliphatic rings. The Kier molecular flexibility index (Phi) is 4.25. The molecule has 0 aromatic heterocycles. The Morgan fingerprint density at radius 1 is 1.17 bits per heavy atom. The van der Waals surface area contributed by atoms with E-state index in [4.69, 9.17) is 5.73 Å². The molecule has 0 spiro atoms. The number of aliphatic imine (C=N–C) groups is 1. The number of hydrogen-bond acceptors (Lipinski definition) is 4. The average Bonchev–Trinajstić information content (AvgIpc) is 3.00. The number of aryl methyl sites for hydroxylation is 2. The summed E-state index contributed by atoms with van der Waals surface area (Å²) < 4.78 is 0. The van der Waals surface area contributed by atoms with Gasteiger partial charge in [-0.05, 0) is 42.7 Å². The number of para-hydroxylation sites is 1. The molecule has 3 N–H and O–H groups in total. The Bertz CT molecular complexity index is 794. The molecule has 0 saturated carbocycles. The fourth-order valence-corrected chi connectivity index (χ4v) is 3.32. The summed E-state index contributed by atoms with van der Waals surface area (Å²) in [4.78, 5) is 18.7. The van der Waals surface area contributed by atoms with Gasteiger partial charge < -0.3 is 15.7 Å². The van der Waals surface area contributed by atoms with Crippen LogP contribution < -0.4 is 5.73 Å². The van der Waals surface area contributed by atoms with Gasteiger partial charge in [0, 0.05) is 6.54 Å². The van der Waals surface area contributed by atoms with Crippen molar-refractivity contribution in [3.63, 3.8) is 0 Å². The first kappa shape index (κ1) is 16.1. The molecule has 1 aliphatic heterocycles. The largest absolute Gasteiger partial charge is 0.507 e. The number of amides is 1. The number of nitrogens with two attached hydrogens (primary N) is 1. The van der Waals surface area contributed by atoms with Crippen molar-refractivity contribution in [1.29, 1.82) is 0 Å². The van der Waals surface area contributed by atoms with Crippen molar-refractivity contribution < 1.29 is 9.90 Å².